The van der Waals surface area contributed by atoms with E-state index in [0.717, 1.165) is 37.4 Å². The fourth-order valence-electron chi connectivity index (χ4n) is 3.61. The molecule has 2 saturated heterocycles. The highest BCUT2D eigenvalue weighted by Crippen LogP contribution is 2.22. The van der Waals surface area contributed by atoms with Gasteiger partial charge in [0.15, 0.2) is 0 Å². The third-order valence-corrected chi connectivity index (χ3v) is 5.09. The van der Waals surface area contributed by atoms with E-state index in [4.69, 9.17) is 15.2 Å². The van der Waals surface area contributed by atoms with Gasteiger partial charge in [0.2, 0.25) is 5.91 Å². The van der Waals surface area contributed by atoms with Crippen molar-refractivity contribution in [2.24, 2.45) is 5.73 Å². The molecule has 0 spiro atoms. The summed E-state index contributed by atoms with van der Waals surface area (Å²) in [4.78, 5) is 28.7. The van der Waals surface area contributed by atoms with E-state index in [1.165, 1.54) is 0 Å². The minimum absolute atomic E-state index is 0.108. The first kappa shape index (κ1) is 20.8. The minimum Gasteiger partial charge on any atom is -0.459 e. The summed E-state index contributed by atoms with van der Waals surface area (Å²) in [5.74, 6) is -0.296. The van der Waals surface area contributed by atoms with Crippen molar-refractivity contribution in [3.05, 3.63) is 29.8 Å². The zero-order chi connectivity index (χ0) is 20.3. The third-order valence-electron chi connectivity index (χ3n) is 5.09. The second-order valence-corrected chi connectivity index (χ2v) is 8.54. The summed E-state index contributed by atoms with van der Waals surface area (Å²) in [5.41, 5.74) is 7.25. The number of anilines is 1. The van der Waals surface area contributed by atoms with Crippen molar-refractivity contribution in [2.75, 3.05) is 37.7 Å². The summed E-state index contributed by atoms with van der Waals surface area (Å²) in [6, 6.07) is 7.34. The number of piperazine rings is 1. The lowest BCUT2D eigenvalue weighted by Crippen LogP contribution is -2.53. The smallest absolute Gasteiger partial charge is 0.323 e. The number of benzene rings is 1. The molecule has 1 amide bonds. The van der Waals surface area contributed by atoms with E-state index in [-0.39, 0.29) is 5.91 Å². The van der Waals surface area contributed by atoms with E-state index in [2.05, 4.69) is 4.90 Å². The molecule has 2 atom stereocenters. The first-order valence-electron chi connectivity index (χ1n) is 9.92. The van der Waals surface area contributed by atoms with E-state index in [1.54, 1.807) is 0 Å². The van der Waals surface area contributed by atoms with Gasteiger partial charge in [0.25, 0.3) is 0 Å². The van der Waals surface area contributed by atoms with Crippen LogP contribution < -0.4 is 10.6 Å². The number of amides is 1. The number of rotatable bonds is 5. The van der Waals surface area contributed by atoms with Crippen molar-refractivity contribution < 1.29 is 19.1 Å². The predicted molar refractivity (Wildman–Crippen MR) is 107 cm³/mol. The Balaban J connectivity index is 1.55. The molecule has 2 aliphatic heterocycles. The lowest BCUT2D eigenvalue weighted by atomic mass is 10.1. The molecular formula is C21H31N3O4. The Morgan fingerprint density at radius 3 is 2.57 bits per heavy atom. The average molecular weight is 389 g/mol. The van der Waals surface area contributed by atoms with Crippen LogP contribution in [-0.4, -0.2) is 67.3 Å². The van der Waals surface area contributed by atoms with Gasteiger partial charge in [-0.1, -0.05) is 12.1 Å². The van der Waals surface area contributed by atoms with Crippen LogP contribution in [0.2, 0.25) is 0 Å². The molecule has 0 saturated carbocycles. The van der Waals surface area contributed by atoms with Crippen molar-refractivity contribution in [1.82, 2.24) is 4.90 Å². The Morgan fingerprint density at radius 2 is 2.00 bits per heavy atom. The van der Waals surface area contributed by atoms with Gasteiger partial charge in [0, 0.05) is 31.4 Å². The summed E-state index contributed by atoms with van der Waals surface area (Å²) in [5, 5.41) is 0. The highest BCUT2D eigenvalue weighted by molar-refractivity contribution is 5.95. The number of esters is 1. The summed E-state index contributed by atoms with van der Waals surface area (Å²) in [6.45, 7) is 8.93. The predicted octanol–water partition coefficient (Wildman–Crippen LogP) is 1.34. The van der Waals surface area contributed by atoms with Gasteiger partial charge >= 0.3 is 5.97 Å². The average Bonchev–Trinajstić information content (AvgIpc) is 3.16. The number of hydrogen-bond acceptors (Lipinski definition) is 6. The SMILES string of the molecule is CC(C)(C)OC(=O)[C@@H](N)Cc1ccc(N2CCN(C3CCOC3)CC2=O)cc1. The Labute approximate surface area is 166 Å². The zero-order valence-corrected chi connectivity index (χ0v) is 17.0. The quantitative estimate of drug-likeness (QED) is 0.765. The maximum atomic E-state index is 12.6. The van der Waals surface area contributed by atoms with E-state index in [1.807, 2.05) is 49.9 Å². The lowest BCUT2D eigenvalue weighted by molar-refractivity contribution is -0.156. The molecule has 1 aromatic rings. The Kier molecular flexibility index (Phi) is 6.37. The Hall–Kier alpha value is -1.96. The Bertz CT molecular complexity index is 693. The molecule has 0 radical (unpaired) electrons. The van der Waals surface area contributed by atoms with Crippen molar-refractivity contribution in [3.8, 4) is 0 Å². The fraction of sp³-hybridized carbons (Fsp3) is 0.619. The molecule has 2 fully saturated rings. The molecule has 0 bridgehead atoms. The van der Waals surface area contributed by atoms with Crippen LogP contribution in [0, 0.1) is 0 Å². The van der Waals surface area contributed by atoms with Gasteiger partial charge in [-0.05, 0) is 51.3 Å². The van der Waals surface area contributed by atoms with Gasteiger partial charge in [0.1, 0.15) is 11.6 Å². The number of nitrogens with zero attached hydrogens (tertiary/aromatic N) is 2. The number of carbonyl (C=O) groups is 2. The van der Waals surface area contributed by atoms with Gasteiger partial charge in [0.05, 0.1) is 13.2 Å². The van der Waals surface area contributed by atoms with Gasteiger partial charge in [-0.2, -0.15) is 0 Å². The van der Waals surface area contributed by atoms with Gasteiger partial charge in [-0.25, -0.2) is 0 Å². The largest absolute Gasteiger partial charge is 0.459 e. The van der Waals surface area contributed by atoms with Crippen LogP contribution in [-0.2, 0) is 25.5 Å². The first-order valence-corrected chi connectivity index (χ1v) is 9.92. The number of hydrogen-bond donors (Lipinski definition) is 1. The first-order chi connectivity index (χ1) is 13.2. The van der Waals surface area contributed by atoms with Gasteiger partial charge in [-0.15, -0.1) is 0 Å². The van der Waals surface area contributed by atoms with Crippen LogP contribution in [0.1, 0.15) is 32.8 Å². The second-order valence-electron chi connectivity index (χ2n) is 8.54. The second kappa shape index (κ2) is 8.59. The molecule has 1 unspecified atom stereocenters. The summed E-state index contributed by atoms with van der Waals surface area (Å²) < 4.78 is 10.8. The summed E-state index contributed by atoms with van der Waals surface area (Å²) in [7, 11) is 0. The van der Waals surface area contributed by atoms with E-state index in [9.17, 15) is 9.59 Å². The molecule has 3 rings (SSSR count). The molecule has 2 aliphatic rings. The van der Waals surface area contributed by atoms with Crippen LogP contribution in [0.25, 0.3) is 0 Å². The molecule has 154 valence electrons. The Morgan fingerprint density at radius 1 is 1.29 bits per heavy atom. The van der Waals surface area contributed by atoms with Crippen molar-refractivity contribution in [2.45, 2.75) is 51.3 Å². The maximum Gasteiger partial charge on any atom is 0.323 e. The maximum absolute atomic E-state index is 12.6. The van der Waals surface area contributed by atoms with Crippen molar-refractivity contribution in [3.63, 3.8) is 0 Å². The van der Waals surface area contributed by atoms with Crippen LogP contribution in [0.5, 0.6) is 0 Å². The monoisotopic (exact) mass is 389 g/mol. The third kappa shape index (κ3) is 5.31. The summed E-state index contributed by atoms with van der Waals surface area (Å²) in [6.07, 6.45) is 1.40. The fourth-order valence-corrected chi connectivity index (χ4v) is 3.61. The molecule has 2 N–H and O–H groups in total. The van der Waals surface area contributed by atoms with Gasteiger partial charge < -0.3 is 20.1 Å². The van der Waals surface area contributed by atoms with Gasteiger partial charge in [-0.3, -0.25) is 14.5 Å². The van der Waals surface area contributed by atoms with E-state index < -0.39 is 17.6 Å². The molecule has 28 heavy (non-hydrogen) atoms. The van der Waals surface area contributed by atoms with Crippen LogP contribution in [0.15, 0.2) is 24.3 Å². The molecule has 2 heterocycles. The topological polar surface area (TPSA) is 85.1 Å². The highest BCUT2D eigenvalue weighted by Gasteiger charge is 2.31. The zero-order valence-electron chi connectivity index (χ0n) is 17.0. The molecule has 0 aliphatic carbocycles. The van der Waals surface area contributed by atoms with Crippen molar-refractivity contribution in [1.29, 1.82) is 0 Å². The highest BCUT2D eigenvalue weighted by atomic mass is 16.6. The number of carbonyl (C=O) groups excluding carboxylic acids is 2. The van der Waals surface area contributed by atoms with Crippen molar-refractivity contribution >= 4 is 17.6 Å². The normalized spacial score (nSPS) is 22.4. The standard InChI is InChI=1S/C21H31N3O4/c1-21(2,3)28-20(26)18(22)12-15-4-6-16(7-5-15)24-10-9-23(13-19(24)25)17-8-11-27-14-17/h4-7,17-18H,8-14,22H2,1-3H3/t17?,18-/m0/s1. The number of nitrogens with two attached hydrogens (primary N) is 1. The van der Waals surface area contributed by atoms with Crippen LogP contribution >= 0.6 is 0 Å². The molecule has 1 aromatic carbocycles. The molecule has 7 heteroatoms. The summed E-state index contributed by atoms with van der Waals surface area (Å²) >= 11 is 0. The van der Waals surface area contributed by atoms with Crippen LogP contribution in [0.4, 0.5) is 5.69 Å². The van der Waals surface area contributed by atoms with E-state index >= 15 is 0 Å². The lowest BCUT2D eigenvalue weighted by Gasteiger charge is -2.37. The molecular weight excluding hydrogens is 358 g/mol. The van der Waals surface area contributed by atoms with E-state index in [0.29, 0.717) is 25.6 Å². The van der Waals surface area contributed by atoms with Crippen LogP contribution in [0.3, 0.4) is 0 Å². The number of ether oxygens (including phenoxy) is 2. The molecule has 7 nitrogen and oxygen atoms in total. The minimum atomic E-state index is -0.705. The molecule has 0 aromatic heterocycles.